The highest BCUT2D eigenvalue weighted by atomic mass is 32.2. The maximum absolute atomic E-state index is 13.0. The summed E-state index contributed by atoms with van der Waals surface area (Å²) in [6.45, 7) is 1.67. The van der Waals surface area contributed by atoms with E-state index >= 15 is 0 Å². The van der Waals surface area contributed by atoms with Crippen molar-refractivity contribution in [3.8, 4) is 0 Å². The molecule has 110 valence electrons. The van der Waals surface area contributed by atoms with E-state index in [4.69, 9.17) is 5.73 Å². The average Bonchev–Trinajstić information content (AvgIpc) is 3.10. The van der Waals surface area contributed by atoms with Gasteiger partial charge in [-0.25, -0.2) is 17.5 Å². The van der Waals surface area contributed by atoms with Gasteiger partial charge in [0.25, 0.3) is 0 Å². The van der Waals surface area contributed by atoms with Gasteiger partial charge in [0.1, 0.15) is 10.7 Å². The molecule has 0 amide bonds. The summed E-state index contributed by atoms with van der Waals surface area (Å²) < 4.78 is 40.2. The van der Waals surface area contributed by atoms with Crippen LogP contribution in [0.4, 0.5) is 10.1 Å². The lowest BCUT2D eigenvalue weighted by Gasteiger charge is -2.16. The molecular formula is C13H18FN3O2S. The van der Waals surface area contributed by atoms with Gasteiger partial charge in [-0.2, -0.15) is 0 Å². The predicted molar refractivity (Wildman–Crippen MR) is 74.1 cm³/mol. The Morgan fingerprint density at radius 1 is 1.30 bits per heavy atom. The van der Waals surface area contributed by atoms with Crippen LogP contribution in [0.5, 0.6) is 0 Å². The third-order valence-corrected chi connectivity index (χ3v) is 5.46. The molecule has 20 heavy (non-hydrogen) atoms. The first-order chi connectivity index (χ1) is 9.45. The number of likely N-dealkylation sites (tertiary alicyclic amines) is 1. The normalized spacial score (nSPS) is 24.1. The van der Waals surface area contributed by atoms with Crippen LogP contribution in [0, 0.1) is 5.82 Å². The molecule has 1 aromatic rings. The predicted octanol–water partition coefficient (Wildman–Crippen LogP) is 0.923. The van der Waals surface area contributed by atoms with Crippen LogP contribution in [0.1, 0.15) is 19.3 Å². The molecule has 1 atom stereocenters. The van der Waals surface area contributed by atoms with Gasteiger partial charge in [0, 0.05) is 25.2 Å². The lowest BCUT2D eigenvalue weighted by molar-refractivity contribution is 0.322. The lowest BCUT2D eigenvalue weighted by Crippen LogP contribution is -2.37. The van der Waals surface area contributed by atoms with Crippen molar-refractivity contribution in [2.24, 2.45) is 0 Å². The average molecular weight is 299 g/mol. The van der Waals surface area contributed by atoms with E-state index < -0.39 is 15.8 Å². The number of rotatable bonds is 4. The minimum Gasteiger partial charge on any atom is -0.398 e. The van der Waals surface area contributed by atoms with Crippen LogP contribution < -0.4 is 10.5 Å². The molecule has 1 aromatic carbocycles. The van der Waals surface area contributed by atoms with Crippen LogP contribution in [0.2, 0.25) is 0 Å². The van der Waals surface area contributed by atoms with Crippen molar-refractivity contribution in [3.05, 3.63) is 24.0 Å². The van der Waals surface area contributed by atoms with Crippen LogP contribution in [-0.2, 0) is 10.0 Å². The Balaban J connectivity index is 1.72. The van der Waals surface area contributed by atoms with Crippen molar-refractivity contribution in [2.45, 2.75) is 36.2 Å². The molecule has 5 nitrogen and oxygen atoms in total. The highest BCUT2D eigenvalue weighted by Gasteiger charge is 2.36. The number of anilines is 1. The maximum atomic E-state index is 13.0. The summed E-state index contributed by atoms with van der Waals surface area (Å²) in [6.07, 6.45) is 3.23. The van der Waals surface area contributed by atoms with Gasteiger partial charge in [-0.05, 0) is 37.5 Å². The Morgan fingerprint density at radius 2 is 2.05 bits per heavy atom. The van der Waals surface area contributed by atoms with Crippen molar-refractivity contribution in [1.29, 1.82) is 0 Å². The van der Waals surface area contributed by atoms with E-state index in [1.54, 1.807) is 0 Å². The maximum Gasteiger partial charge on any atom is 0.242 e. The Morgan fingerprint density at radius 3 is 2.70 bits per heavy atom. The highest BCUT2D eigenvalue weighted by Crippen LogP contribution is 2.30. The largest absolute Gasteiger partial charge is 0.398 e. The number of nitrogens with zero attached hydrogens (tertiary/aromatic N) is 1. The molecule has 1 aliphatic carbocycles. The second-order valence-electron chi connectivity index (χ2n) is 5.52. The Kier molecular flexibility index (Phi) is 3.43. The van der Waals surface area contributed by atoms with E-state index in [2.05, 4.69) is 9.62 Å². The third-order valence-electron chi connectivity index (χ3n) is 3.87. The first-order valence-electron chi connectivity index (χ1n) is 6.77. The smallest absolute Gasteiger partial charge is 0.242 e. The van der Waals surface area contributed by atoms with Crippen LogP contribution in [-0.4, -0.2) is 38.5 Å². The summed E-state index contributed by atoms with van der Waals surface area (Å²) in [4.78, 5) is 2.27. The Hall–Kier alpha value is -1.18. The Bertz CT molecular complexity index is 616. The standard InChI is InChI=1S/C13H18FN3O2S/c14-9-1-4-13(12(15)7-9)20(18,19)16-10-5-6-17(8-10)11-2-3-11/h1,4,7,10-11,16H,2-3,5-6,8,15H2. The summed E-state index contributed by atoms with van der Waals surface area (Å²) in [5, 5.41) is 0. The molecule has 1 unspecified atom stereocenters. The van der Waals surface area contributed by atoms with Gasteiger partial charge in [-0.3, -0.25) is 4.90 Å². The fourth-order valence-electron chi connectivity index (χ4n) is 2.70. The fraction of sp³-hybridized carbons (Fsp3) is 0.538. The highest BCUT2D eigenvalue weighted by molar-refractivity contribution is 7.89. The number of hydrogen-bond donors (Lipinski definition) is 2. The number of halogens is 1. The zero-order valence-corrected chi connectivity index (χ0v) is 11.9. The Labute approximate surface area is 118 Å². The quantitative estimate of drug-likeness (QED) is 0.811. The summed E-state index contributed by atoms with van der Waals surface area (Å²) >= 11 is 0. The molecule has 0 bridgehead atoms. The van der Waals surface area contributed by atoms with Crippen molar-refractivity contribution in [2.75, 3.05) is 18.8 Å². The van der Waals surface area contributed by atoms with Gasteiger partial charge in [-0.1, -0.05) is 0 Å². The molecule has 1 heterocycles. The van der Waals surface area contributed by atoms with Crippen LogP contribution >= 0.6 is 0 Å². The summed E-state index contributed by atoms with van der Waals surface area (Å²) in [6, 6.07) is 3.89. The molecule has 0 aromatic heterocycles. The zero-order valence-electron chi connectivity index (χ0n) is 11.0. The van der Waals surface area contributed by atoms with Crippen LogP contribution in [0.15, 0.2) is 23.1 Å². The van der Waals surface area contributed by atoms with Crippen LogP contribution in [0.3, 0.4) is 0 Å². The third kappa shape index (κ3) is 2.79. The molecule has 0 radical (unpaired) electrons. The number of nitrogens with one attached hydrogen (secondary N) is 1. The van der Waals surface area contributed by atoms with Crippen LogP contribution in [0.25, 0.3) is 0 Å². The van der Waals surface area contributed by atoms with Gasteiger partial charge >= 0.3 is 0 Å². The van der Waals surface area contributed by atoms with Gasteiger partial charge in [-0.15, -0.1) is 0 Å². The van der Waals surface area contributed by atoms with E-state index in [0.29, 0.717) is 6.04 Å². The molecule has 0 spiro atoms. The number of sulfonamides is 1. The monoisotopic (exact) mass is 299 g/mol. The molecule has 1 aliphatic heterocycles. The lowest BCUT2D eigenvalue weighted by atomic mass is 10.3. The van der Waals surface area contributed by atoms with Gasteiger partial charge in [0.05, 0.1) is 5.69 Å². The molecule has 3 rings (SSSR count). The van der Waals surface area contributed by atoms with Gasteiger partial charge in [0.15, 0.2) is 0 Å². The van der Waals surface area contributed by atoms with E-state index in [1.807, 2.05) is 0 Å². The first-order valence-corrected chi connectivity index (χ1v) is 8.25. The summed E-state index contributed by atoms with van der Waals surface area (Å²) in [5.74, 6) is -0.540. The second-order valence-corrected chi connectivity index (χ2v) is 7.20. The van der Waals surface area contributed by atoms with Crippen molar-refractivity contribution in [1.82, 2.24) is 9.62 Å². The van der Waals surface area contributed by atoms with Crippen molar-refractivity contribution < 1.29 is 12.8 Å². The SMILES string of the molecule is Nc1cc(F)ccc1S(=O)(=O)NC1CCN(C2CC2)C1. The molecule has 7 heteroatoms. The fourth-order valence-corrected chi connectivity index (χ4v) is 4.08. The topological polar surface area (TPSA) is 75.4 Å². The molecule has 1 saturated heterocycles. The number of hydrogen-bond acceptors (Lipinski definition) is 4. The molecule has 3 N–H and O–H groups in total. The summed E-state index contributed by atoms with van der Waals surface area (Å²) in [5.41, 5.74) is 5.54. The number of nitrogens with two attached hydrogens (primary N) is 1. The van der Waals surface area contributed by atoms with Crippen molar-refractivity contribution in [3.63, 3.8) is 0 Å². The molecule has 2 aliphatic rings. The molecule has 2 fully saturated rings. The van der Waals surface area contributed by atoms with E-state index in [-0.39, 0.29) is 16.6 Å². The molecular weight excluding hydrogens is 281 g/mol. The number of nitrogen functional groups attached to an aromatic ring is 1. The van der Waals surface area contributed by atoms with Gasteiger partial charge < -0.3 is 5.73 Å². The van der Waals surface area contributed by atoms with E-state index in [0.717, 1.165) is 31.6 Å². The van der Waals surface area contributed by atoms with Gasteiger partial charge in [0.2, 0.25) is 10.0 Å². The van der Waals surface area contributed by atoms with E-state index in [1.165, 1.54) is 18.9 Å². The number of benzene rings is 1. The van der Waals surface area contributed by atoms with Crippen molar-refractivity contribution >= 4 is 15.7 Å². The summed E-state index contributed by atoms with van der Waals surface area (Å²) in [7, 11) is -3.69. The first kappa shape index (κ1) is 13.8. The molecule has 1 saturated carbocycles. The zero-order chi connectivity index (χ0) is 14.3. The van der Waals surface area contributed by atoms with E-state index in [9.17, 15) is 12.8 Å². The second kappa shape index (κ2) is 4.98. The minimum absolute atomic E-state index is 0.0521. The minimum atomic E-state index is -3.69.